The van der Waals surface area contributed by atoms with Crippen molar-refractivity contribution < 1.29 is 46.5 Å². The van der Waals surface area contributed by atoms with Crippen LogP contribution in [-0.4, -0.2) is 58.7 Å². The zero-order valence-electron chi connectivity index (χ0n) is 65.3. The van der Waals surface area contributed by atoms with E-state index >= 15 is 0 Å². The van der Waals surface area contributed by atoms with E-state index in [-0.39, 0.29) is 51.3 Å². The van der Waals surface area contributed by atoms with Gasteiger partial charge in [-0.15, -0.1) is 0 Å². The zero-order valence-corrected chi connectivity index (χ0v) is 67.0. The molecule has 0 aliphatic heterocycles. The van der Waals surface area contributed by atoms with Crippen LogP contribution in [-0.2, 0) is 86.8 Å². The number of hydrogen-bond donors (Lipinski definition) is 0. The summed E-state index contributed by atoms with van der Waals surface area (Å²) in [6, 6.07) is 106. The van der Waals surface area contributed by atoms with Crippen molar-refractivity contribution in [2.24, 2.45) is 0 Å². The Morgan fingerprint density at radius 3 is 0.767 bits per heavy atom. The number of hydrogen-bond acceptors (Lipinski definition) is 16. The number of ether oxygens (including phenoxy) is 4. The number of carbonyl (C=O) groups excluding carboxylic acids is 4. The molecule has 16 nitrogen and oxygen atoms in total. The molecule has 0 heterocycles. The van der Waals surface area contributed by atoms with Crippen LogP contribution in [0.2, 0.25) is 0 Å². The van der Waals surface area contributed by atoms with Gasteiger partial charge < -0.3 is 18.9 Å². The quantitative estimate of drug-likeness (QED) is 0.0175. The van der Waals surface area contributed by atoms with E-state index in [4.69, 9.17) is 24.2 Å². The Balaban J connectivity index is 0.000000226. The molecular weight excluding hydrogens is 1490 g/mol. The van der Waals surface area contributed by atoms with Gasteiger partial charge in [-0.25, -0.2) is 27.6 Å². The first kappa shape index (κ1) is 90.9. The van der Waals surface area contributed by atoms with Crippen LogP contribution >= 0.6 is 0 Å². The summed E-state index contributed by atoms with van der Waals surface area (Å²) < 4.78 is 45.7. The predicted octanol–water partition coefficient (Wildman–Crippen LogP) is 19.4. The van der Waals surface area contributed by atoms with E-state index < -0.39 is 72.6 Å². The highest BCUT2D eigenvalue weighted by molar-refractivity contribution is 7.89. The van der Waals surface area contributed by atoms with Crippen molar-refractivity contribution in [3.8, 4) is 36.4 Å². The summed E-state index contributed by atoms with van der Waals surface area (Å²) in [4.78, 5) is 50.8. The van der Waals surface area contributed by atoms with Crippen LogP contribution in [0.15, 0.2) is 373 Å². The van der Waals surface area contributed by atoms with E-state index in [2.05, 4.69) is 57.2 Å². The van der Waals surface area contributed by atoms with Gasteiger partial charge in [0.1, 0.15) is 16.2 Å². The molecule has 584 valence electrons. The second-order valence-electron chi connectivity index (χ2n) is 25.9. The molecule has 10 aromatic carbocycles. The van der Waals surface area contributed by atoms with Gasteiger partial charge in [-0.3, -0.25) is 0 Å². The number of carbonyl (C=O) groups is 4. The Morgan fingerprint density at radius 1 is 0.293 bits per heavy atom. The Morgan fingerprint density at radius 2 is 0.517 bits per heavy atom. The molecule has 116 heavy (non-hydrogen) atoms. The number of benzene rings is 10. The standard InChI is InChI=1S/C23H19NOS.C20H19NO3S.C20H19NO2.C18H14N2.C17H19NO4/c1-19(26(25)22-15-9-4-10-16-22)17-23(18-24,20-11-5-2-6-12-20)21-13-7-3-8-14-21;1-3-24-19(22)20(15-21,17-10-6-4-7-11-17)14-16(2)25(23)18-12-8-5-9-13-18;1-3-23-19(22)16(2)14-20(15-21,17-10-6-4-7-11-17)18-12-8-5-9-13-18;1-15(13-19)12-18(14-20,16-8-4-2-5-9-16)17-10-6-3-7-11-17;1-4-21-15(19)13(3)11-17(12-18,16(20)22-5-2)14-9-7-6-8-10-14/h2-16H,1,17H2;4-13H,2-3,14H2,1H3;4-13H,2-3,14H2,1H3;2-11H,1,12H2;6-10H,3-5,11H2,1-2H3. The summed E-state index contributed by atoms with van der Waals surface area (Å²) in [5.41, 5.74) is 0.948. The summed E-state index contributed by atoms with van der Waals surface area (Å²) in [6.45, 7) is 26.7. The fourth-order valence-electron chi connectivity index (χ4n) is 12.5. The molecule has 10 rings (SSSR count). The van der Waals surface area contributed by atoms with Gasteiger partial charge in [-0.2, -0.15) is 31.6 Å². The minimum atomic E-state index is -1.61. The SMILES string of the molecule is C=C(C#N)CC(C#N)(c1ccccc1)c1ccccc1.C=C(CC(C#N)(C(=O)OCC)c1ccccc1)C(=O)OCC.C=C(CC(C#N)(C(=O)OCC)c1ccccc1)S(=O)c1ccccc1.C=C(CC(C#N)(c1ccccc1)c1ccccc1)C(=O)OCC.C=C(CC(C#N)(c1ccccc1)c1ccccc1)S(=O)c1ccccc1. The third-order valence-electron chi connectivity index (χ3n) is 18.4. The second-order valence-corrected chi connectivity index (χ2v) is 29.1. The molecule has 0 fully saturated rings. The molecule has 0 aliphatic carbocycles. The van der Waals surface area contributed by atoms with Gasteiger partial charge in [0.05, 0.1) is 84.4 Å². The van der Waals surface area contributed by atoms with E-state index in [0.29, 0.717) is 54.7 Å². The first-order chi connectivity index (χ1) is 56.1. The molecule has 0 N–H and O–H groups in total. The van der Waals surface area contributed by atoms with Crippen molar-refractivity contribution in [2.45, 2.75) is 96.7 Å². The van der Waals surface area contributed by atoms with Crippen molar-refractivity contribution in [3.05, 3.63) is 407 Å². The maximum Gasteiger partial charge on any atom is 0.333 e. The lowest BCUT2D eigenvalue weighted by Gasteiger charge is -2.28. The van der Waals surface area contributed by atoms with E-state index in [1.807, 2.05) is 231 Å². The Hall–Kier alpha value is -14.0. The third-order valence-corrected chi connectivity index (χ3v) is 21.2. The lowest BCUT2D eigenvalue weighted by molar-refractivity contribution is -0.149. The molecule has 0 bridgehead atoms. The van der Waals surface area contributed by atoms with Crippen LogP contribution in [0.25, 0.3) is 0 Å². The smallest absolute Gasteiger partial charge is 0.333 e. The van der Waals surface area contributed by atoms with E-state index in [1.165, 1.54) is 0 Å². The average Bonchev–Trinajstić information content (AvgIpc) is 0.804. The van der Waals surface area contributed by atoms with Gasteiger partial charge in [0.15, 0.2) is 10.8 Å². The number of rotatable bonds is 30. The normalized spacial score (nSPS) is 12.0. The summed E-state index contributed by atoms with van der Waals surface area (Å²) in [7, 11) is -2.89. The molecule has 0 aromatic heterocycles. The van der Waals surface area contributed by atoms with Crippen LogP contribution < -0.4 is 0 Å². The lowest BCUT2D eigenvalue weighted by Crippen LogP contribution is -2.37. The van der Waals surface area contributed by atoms with Crippen LogP contribution in [0.4, 0.5) is 0 Å². The maximum absolute atomic E-state index is 12.9. The zero-order chi connectivity index (χ0) is 84.4. The highest BCUT2D eigenvalue weighted by Gasteiger charge is 2.46. The summed E-state index contributed by atoms with van der Waals surface area (Å²) >= 11 is 0. The van der Waals surface area contributed by atoms with Gasteiger partial charge in [-0.1, -0.05) is 312 Å². The fourth-order valence-corrected chi connectivity index (χ4v) is 14.7. The highest BCUT2D eigenvalue weighted by Crippen LogP contribution is 2.42. The minimum Gasteiger partial charge on any atom is -0.465 e. The number of nitrogens with zero attached hydrogens (tertiary/aromatic N) is 6. The number of esters is 4. The van der Waals surface area contributed by atoms with Crippen molar-refractivity contribution >= 4 is 45.5 Å². The Kier molecular flexibility index (Phi) is 36.1. The molecule has 18 heteroatoms. The van der Waals surface area contributed by atoms with Gasteiger partial charge in [0, 0.05) is 68.4 Å². The van der Waals surface area contributed by atoms with Crippen LogP contribution in [0, 0.1) is 68.0 Å². The van der Waals surface area contributed by atoms with Crippen molar-refractivity contribution in [2.75, 3.05) is 26.4 Å². The minimum absolute atomic E-state index is 0.0558. The summed E-state index contributed by atoms with van der Waals surface area (Å²) in [5.74, 6) is -2.44. The second kappa shape index (κ2) is 46.1. The van der Waals surface area contributed by atoms with Crippen molar-refractivity contribution in [3.63, 3.8) is 0 Å². The largest absolute Gasteiger partial charge is 0.465 e. The van der Waals surface area contributed by atoms with E-state index in [9.17, 15) is 53.9 Å². The van der Waals surface area contributed by atoms with Crippen LogP contribution in [0.5, 0.6) is 0 Å². The van der Waals surface area contributed by atoms with Crippen LogP contribution in [0.3, 0.4) is 0 Å². The monoisotopic (exact) mass is 1570 g/mol. The first-order valence-electron chi connectivity index (χ1n) is 37.0. The van der Waals surface area contributed by atoms with Gasteiger partial charge in [-0.05, 0) is 96.5 Å². The van der Waals surface area contributed by atoms with Gasteiger partial charge in [0.25, 0.3) is 0 Å². The first-order valence-corrected chi connectivity index (χ1v) is 39.3. The maximum atomic E-state index is 12.9. The van der Waals surface area contributed by atoms with E-state index in [1.54, 1.807) is 113 Å². The van der Waals surface area contributed by atoms with Gasteiger partial charge >= 0.3 is 23.9 Å². The summed E-state index contributed by atoms with van der Waals surface area (Å²) in [6.07, 6.45) is 0.530. The van der Waals surface area contributed by atoms with Crippen molar-refractivity contribution in [1.82, 2.24) is 0 Å². The number of allylic oxidation sites excluding steroid dienone is 3. The highest BCUT2D eigenvalue weighted by atomic mass is 32.2. The van der Waals surface area contributed by atoms with E-state index in [0.717, 1.165) is 33.4 Å². The number of nitriles is 6. The molecule has 0 spiro atoms. The molecule has 4 atom stereocenters. The third kappa shape index (κ3) is 23.6. The Labute approximate surface area is 686 Å². The van der Waals surface area contributed by atoms with Crippen LogP contribution in [0.1, 0.15) is 104 Å². The van der Waals surface area contributed by atoms with Crippen molar-refractivity contribution in [1.29, 1.82) is 31.6 Å². The summed E-state index contributed by atoms with van der Waals surface area (Å²) in [5, 5.41) is 58.5. The molecular formula is C98H90N6O10S2. The lowest BCUT2D eigenvalue weighted by atomic mass is 9.71. The topological polar surface area (TPSA) is 282 Å². The Bertz CT molecular complexity index is 5160. The fraction of sp³-hybridized carbons (Fsp3) is 0.184. The molecule has 0 saturated carbocycles. The van der Waals surface area contributed by atoms with Gasteiger partial charge in [0.2, 0.25) is 0 Å². The average molecular weight is 1580 g/mol. The molecule has 4 unspecified atom stereocenters. The molecule has 0 aliphatic rings. The molecule has 0 radical (unpaired) electrons. The molecule has 0 saturated heterocycles. The molecule has 10 aromatic rings. The molecule has 0 amide bonds. The predicted molar refractivity (Wildman–Crippen MR) is 452 cm³/mol.